The predicted octanol–water partition coefficient (Wildman–Crippen LogP) is 4.48. The number of aromatic amines is 1. The Bertz CT molecular complexity index is 1640. The Balaban J connectivity index is 1.40. The Hall–Kier alpha value is -3.76. The molecule has 44 heavy (non-hydrogen) atoms. The number of aryl methyl sites for hydroxylation is 1. The van der Waals surface area contributed by atoms with Crippen molar-refractivity contribution in [1.29, 1.82) is 5.26 Å². The Kier molecular flexibility index (Phi) is 8.37. The van der Waals surface area contributed by atoms with Crippen LogP contribution in [-0.2, 0) is 16.6 Å². The van der Waals surface area contributed by atoms with Crippen molar-refractivity contribution in [2.24, 2.45) is 10.7 Å². The molecule has 3 aliphatic rings. The molecule has 3 heterocycles. The van der Waals surface area contributed by atoms with Gasteiger partial charge in [0.2, 0.25) is 0 Å². The molecule has 5 rings (SSSR count). The first-order valence-corrected chi connectivity index (χ1v) is 16.0. The van der Waals surface area contributed by atoms with Crippen LogP contribution >= 0.6 is 23.6 Å². The van der Waals surface area contributed by atoms with E-state index in [-0.39, 0.29) is 28.7 Å². The van der Waals surface area contributed by atoms with Gasteiger partial charge in [-0.15, -0.1) is 11.3 Å². The van der Waals surface area contributed by atoms with Gasteiger partial charge in [-0.2, -0.15) is 5.26 Å². The molecule has 0 radical (unpaired) electrons. The minimum Gasteiger partial charge on any atom is -0.444 e. The molecular weight excluding hydrogens is 597 g/mol. The number of fused-ring (bicyclic) bond motifs is 1. The lowest BCUT2D eigenvalue weighted by atomic mass is 9.70. The topological polar surface area (TPSA) is 144 Å². The Morgan fingerprint density at radius 1 is 1.32 bits per heavy atom. The van der Waals surface area contributed by atoms with E-state index in [0.29, 0.717) is 40.9 Å². The van der Waals surface area contributed by atoms with Crippen LogP contribution in [0.4, 0.5) is 15.6 Å². The summed E-state index contributed by atoms with van der Waals surface area (Å²) in [6, 6.07) is 3.84. The maximum atomic E-state index is 12.9. The van der Waals surface area contributed by atoms with Gasteiger partial charge < -0.3 is 25.3 Å². The molecule has 234 valence electrons. The largest absolute Gasteiger partial charge is 0.444 e. The molecule has 1 amide bonds. The minimum absolute atomic E-state index is 0.232. The molecular formula is C31H40N8O3S2. The molecule has 0 aromatic carbocycles. The van der Waals surface area contributed by atoms with Crippen molar-refractivity contribution in [3.63, 3.8) is 0 Å². The number of nitriles is 1. The van der Waals surface area contributed by atoms with Crippen LogP contribution in [0, 0.1) is 11.3 Å². The lowest BCUT2D eigenvalue weighted by Gasteiger charge is -2.42. The van der Waals surface area contributed by atoms with Gasteiger partial charge in [-0.1, -0.05) is 19.1 Å². The first-order valence-electron chi connectivity index (χ1n) is 14.8. The van der Waals surface area contributed by atoms with Crippen molar-refractivity contribution in [2.75, 3.05) is 38.6 Å². The van der Waals surface area contributed by atoms with Gasteiger partial charge in [-0.05, 0) is 64.5 Å². The summed E-state index contributed by atoms with van der Waals surface area (Å²) in [6.07, 6.45) is 7.36. The molecule has 2 aliphatic carbocycles. The molecule has 2 aromatic heterocycles. The lowest BCUT2D eigenvalue weighted by Crippen LogP contribution is -2.58. The number of hydrogen-bond donors (Lipinski definition) is 2. The fourth-order valence-electron chi connectivity index (χ4n) is 6.02. The first-order chi connectivity index (χ1) is 20.7. The lowest BCUT2D eigenvalue weighted by molar-refractivity contribution is 0.0106. The fourth-order valence-corrected chi connectivity index (χ4v) is 7.61. The zero-order valence-corrected chi connectivity index (χ0v) is 27.8. The Morgan fingerprint density at radius 2 is 2.05 bits per heavy atom. The second-order valence-corrected chi connectivity index (χ2v) is 14.8. The standard InChI is InChI=1S/C31H40N8O3S2/c1-29(2,3)42-28(41)39-13-12-38(17-31(39)10-11-31)23-15-24(40)36-26(35-23)20(33)14-22(43)30(4)9-7-8-21-25(30)19(16-32)27(44-21)34-18-37(5)6/h14-15,18H,7-13,17,33H2,1-6H3,(H,35,36,40)/b20-14-,34-18+/t30-/m1/s1. The molecule has 0 bridgehead atoms. The van der Waals surface area contributed by atoms with Gasteiger partial charge in [-0.3, -0.25) is 9.69 Å². The molecule has 1 saturated carbocycles. The van der Waals surface area contributed by atoms with Gasteiger partial charge in [-0.25, -0.2) is 14.8 Å². The number of nitrogens with one attached hydrogen (secondary N) is 1. The molecule has 1 atom stereocenters. The molecule has 3 N–H and O–H groups in total. The third-order valence-electron chi connectivity index (χ3n) is 8.36. The normalized spacial score (nSPS) is 21.2. The maximum Gasteiger partial charge on any atom is 0.410 e. The zero-order chi connectivity index (χ0) is 32.0. The number of amides is 1. The smallest absolute Gasteiger partial charge is 0.410 e. The van der Waals surface area contributed by atoms with E-state index >= 15 is 0 Å². The number of thiophene rings is 1. The highest BCUT2D eigenvalue weighted by Crippen LogP contribution is 2.49. The molecule has 13 heteroatoms. The monoisotopic (exact) mass is 636 g/mol. The number of aromatic nitrogens is 2. The van der Waals surface area contributed by atoms with Crippen LogP contribution in [-0.4, -0.2) is 81.9 Å². The van der Waals surface area contributed by atoms with E-state index in [1.54, 1.807) is 12.4 Å². The number of rotatable bonds is 6. The van der Waals surface area contributed by atoms with Crippen LogP contribution in [0.3, 0.4) is 0 Å². The van der Waals surface area contributed by atoms with Gasteiger partial charge in [0, 0.05) is 55.0 Å². The number of carbonyl (C=O) groups excluding carboxylic acids is 1. The van der Waals surface area contributed by atoms with E-state index in [1.165, 1.54) is 17.4 Å². The third-order valence-corrected chi connectivity index (χ3v) is 10.1. The van der Waals surface area contributed by atoms with E-state index in [0.717, 1.165) is 42.5 Å². The number of H-pyrrole nitrogens is 1. The number of allylic oxidation sites excluding steroid dienone is 1. The summed E-state index contributed by atoms with van der Waals surface area (Å²) >= 11 is 7.52. The predicted molar refractivity (Wildman–Crippen MR) is 178 cm³/mol. The van der Waals surface area contributed by atoms with Crippen LogP contribution in [0.15, 0.2) is 21.9 Å². The number of nitrogens with zero attached hydrogens (tertiary/aromatic N) is 6. The van der Waals surface area contributed by atoms with Crippen molar-refractivity contribution < 1.29 is 9.53 Å². The zero-order valence-electron chi connectivity index (χ0n) is 26.2. The van der Waals surface area contributed by atoms with Gasteiger partial charge in [0.25, 0.3) is 5.56 Å². The SMILES string of the molecule is CN(C)/C=N/c1sc2c(c1C#N)[C@@](C)(C(=S)/C=C(\N)c1nc(N3CCN(C(=O)OC(C)(C)C)C4(CC4)C3)cc(=O)[nH]1)CCC2. The van der Waals surface area contributed by atoms with Crippen molar-refractivity contribution in [2.45, 2.75) is 76.4 Å². The van der Waals surface area contributed by atoms with Gasteiger partial charge in [0.1, 0.15) is 22.5 Å². The summed E-state index contributed by atoms with van der Waals surface area (Å²) in [6.45, 7) is 9.17. The summed E-state index contributed by atoms with van der Waals surface area (Å²) in [5.41, 5.74) is 6.44. The summed E-state index contributed by atoms with van der Waals surface area (Å²) in [5, 5.41) is 10.8. The minimum atomic E-state index is -0.602. The molecule has 11 nitrogen and oxygen atoms in total. The van der Waals surface area contributed by atoms with Gasteiger partial charge in [0.05, 0.1) is 23.1 Å². The average molecular weight is 637 g/mol. The number of thiocarbonyl (C=S) groups is 1. The number of anilines is 1. The second kappa shape index (κ2) is 11.6. The summed E-state index contributed by atoms with van der Waals surface area (Å²) in [4.78, 5) is 45.1. The van der Waals surface area contributed by atoms with Gasteiger partial charge in [0.15, 0.2) is 5.82 Å². The summed E-state index contributed by atoms with van der Waals surface area (Å²) < 4.78 is 5.65. The molecule has 2 aromatic rings. The highest BCUT2D eigenvalue weighted by atomic mass is 32.1. The molecule has 2 fully saturated rings. The Morgan fingerprint density at radius 3 is 2.68 bits per heavy atom. The molecule has 1 saturated heterocycles. The van der Waals surface area contributed by atoms with E-state index in [9.17, 15) is 14.9 Å². The van der Waals surface area contributed by atoms with Crippen LogP contribution in [0.1, 0.15) is 75.2 Å². The van der Waals surface area contributed by atoms with Crippen molar-refractivity contribution in [3.05, 3.63) is 44.3 Å². The quantitative estimate of drug-likeness (QED) is 0.203. The van der Waals surface area contributed by atoms with Crippen molar-refractivity contribution in [1.82, 2.24) is 19.8 Å². The highest BCUT2D eigenvalue weighted by molar-refractivity contribution is 7.81. The highest BCUT2D eigenvalue weighted by Gasteiger charge is 2.54. The molecule has 1 aliphatic heterocycles. The van der Waals surface area contributed by atoms with E-state index in [4.69, 9.17) is 27.7 Å². The van der Waals surface area contributed by atoms with Crippen LogP contribution in [0.25, 0.3) is 5.70 Å². The Labute approximate surface area is 267 Å². The van der Waals surface area contributed by atoms with Crippen molar-refractivity contribution >= 4 is 57.4 Å². The third kappa shape index (κ3) is 6.23. The van der Waals surface area contributed by atoms with E-state index < -0.39 is 11.0 Å². The van der Waals surface area contributed by atoms with Crippen LogP contribution in [0.2, 0.25) is 0 Å². The number of hydrogen-bond acceptors (Lipinski definition) is 10. The van der Waals surface area contributed by atoms with Crippen molar-refractivity contribution in [3.8, 4) is 6.07 Å². The van der Waals surface area contributed by atoms with E-state index in [1.807, 2.05) is 49.6 Å². The number of piperazine rings is 1. The van der Waals surface area contributed by atoms with Crippen LogP contribution < -0.4 is 16.2 Å². The molecule has 1 spiro atoms. The summed E-state index contributed by atoms with van der Waals surface area (Å²) in [7, 11) is 3.77. The average Bonchev–Trinajstić information content (AvgIpc) is 3.59. The fraction of sp³-hybridized carbons (Fsp3) is 0.548. The second-order valence-electron chi connectivity index (χ2n) is 13.3. The number of nitrogens with two attached hydrogens (primary N) is 1. The van der Waals surface area contributed by atoms with Crippen LogP contribution in [0.5, 0.6) is 0 Å². The number of ether oxygens (including phenoxy) is 1. The number of carbonyl (C=O) groups is 1. The van der Waals surface area contributed by atoms with E-state index in [2.05, 4.69) is 23.0 Å². The first kappa shape index (κ1) is 31.7. The summed E-state index contributed by atoms with van der Waals surface area (Å²) in [5.74, 6) is 0.733. The maximum absolute atomic E-state index is 12.9. The number of aliphatic imine (C=N–C) groups is 1. The van der Waals surface area contributed by atoms with Gasteiger partial charge >= 0.3 is 6.09 Å². The molecule has 0 unspecified atom stereocenters.